The van der Waals surface area contributed by atoms with Gasteiger partial charge in [0, 0.05) is 13.0 Å². The molecule has 0 unspecified atom stereocenters. The van der Waals surface area contributed by atoms with Crippen molar-refractivity contribution >= 4 is 5.95 Å². The van der Waals surface area contributed by atoms with Gasteiger partial charge in [0.05, 0.1) is 6.20 Å². The molecule has 2 rings (SSSR count). The molecule has 0 amide bonds. The second-order valence-corrected chi connectivity index (χ2v) is 2.96. The van der Waals surface area contributed by atoms with E-state index < -0.39 is 5.92 Å². The average molecular weight is 173 g/mol. The van der Waals surface area contributed by atoms with Crippen molar-refractivity contribution in [1.82, 2.24) is 9.55 Å². The number of fused-ring (bicyclic) bond motifs is 1. The highest BCUT2D eigenvalue weighted by atomic mass is 19.3. The fourth-order valence-corrected chi connectivity index (χ4v) is 1.50. The number of nitrogens with zero attached hydrogens (tertiary/aromatic N) is 2. The lowest BCUT2D eigenvalue weighted by atomic mass is 10.1. The van der Waals surface area contributed by atoms with Crippen LogP contribution in [0.3, 0.4) is 0 Å². The number of hydrogen-bond donors (Lipinski definition) is 1. The van der Waals surface area contributed by atoms with Crippen molar-refractivity contribution in [2.75, 3.05) is 5.73 Å². The summed E-state index contributed by atoms with van der Waals surface area (Å²) in [6.07, 6.45) is 1.52. The molecule has 0 aliphatic carbocycles. The van der Waals surface area contributed by atoms with Crippen LogP contribution in [0.4, 0.5) is 14.7 Å². The molecule has 0 aromatic carbocycles. The molecule has 3 nitrogen and oxygen atoms in total. The first kappa shape index (κ1) is 7.52. The second kappa shape index (κ2) is 2.18. The summed E-state index contributed by atoms with van der Waals surface area (Å²) < 4.78 is 27.6. The molecule has 0 radical (unpaired) electrons. The van der Waals surface area contributed by atoms with E-state index in [1.807, 2.05) is 0 Å². The predicted molar refractivity (Wildman–Crippen MR) is 39.8 cm³/mol. The van der Waals surface area contributed by atoms with Crippen molar-refractivity contribution in [3.8, 4) is 0 Å². The first-order valence-electron chi connectivity index (χ1n) is 3.80. The summed E-state index contributed by atoms with van der Waals surface area (Å²) in [5.74, 6) is -2.56. The molecule has 0 saturated heterocycles. The molecular formula is C7H9F2N3. The molecule has 2 N–H and O–H groups in total. The van der Waals surface area contributed by atoms with Gasteiger partial charge in [-0.15, -0.1) is 0 Å². The van der Waals surface area contributed by atoms with E-state index in [1.165, 1.54) is 4.57 Å². The van der Waals surface area contributed by atoms with E-state index in [0.29, 0.717) is 13.0 Å². The minimum atomic E-state index is -2.75. The minimum absolute atomic E-state index is 0.0498. The van der Waals surface area contributed by atoms with Crippen molar-refractivity contribution in [3.63, 3.8) is 0 Å². The number of aromatic nitrogens is 2. The first-order valence-corrected chi connectivity index (χ1v) is 3.80. The molecule has 1 aromatic heterocycles. The Bertz CT molecular complexity index is 306. The Labute approximate surface area is 68.2 Å². The van der Waals surface area contributed by atoms with E-state index in [-0.39, 0.29) is 18.1 Å². The molecule has 1 aliphatic rings. The molecule has 0 atom stereocenters. The average Bonchev–Trinajstić information content (AvgIpc) is 2.33. The number of nitrogens with two attached hydrogens (primary N) is 1. The minimum Gasteiger partial charge on any atom is -0.369 e. The number of anilines is 1. The molecule has 5 heteroatoms. The van der Waals surface area contributed by atoms with E-state index >= 15 is 0 Å². The molecule has 1 aromatic rings. The topological polar surface area (TPSA) is 43.8 Å². The van der Waals surface area contributed by atoms with Gasteiger partial charge in [0.1, 0.15) is 5.69 Å². The fourth-order valence-electron chi connectivity index (χ4n) is 1.50. The maximum Gasteiger partial charge on any atom is 0.289 e. The molecule has 0 bridgehead atoms. The normalized spacial score (nSPS) is 20.5. The predicted octanol–water partition coefficient (Wildman–Crippen LogP) is 1.35. The van der Waals surface area contributed by atoms with Gasteiger partial charge in [-0.3, -0.25) is 0 Å². The standard InChI is InChI=1S/C7H9F2N3/c8-7(9)2-1-3-12-5(7)4-11-6(12)10/h4H,1-3H2,(H2,10,11). The van der Waals surface area contributed by atoms with Gasteiger partial charge < -0.3 is 10.3 Å². The van der Waals surface area contributed by atoms with Crippen LogP contribution in [0, 0.1) is 0 Å². The summed E-state index contributed by atoms with van der Waals surface area (Å²) >= 11 is 0. The Hall–Kier alpha value is -1.13. The van der Waals surface area contributed by atoms with E-state index in [0.717, 1.165) is 6.20 Å². The Morgan fingerprint density at radius 1 is 1.58 bits per heavy atom. The summed E-state index contributed by atoms with van der Waals surface area (Å²) in [5, 5.41) is 0. The third-order valence-corrected chi connectivity index (χ3v) is 2.13. The molecule has 2 heterocycles. The Kier molecular flexibility index (Phi) is 1.37. The summed E-state index contributed by atoms with van der Waals surface area (Å²) in [6.45, 7) is 0.552. The first-order chi connectivity index (χ1) is 5.61. The molecule has 0 fully saturated rings. The second-order valence-electron chi connectivity index (χ2n) is 2.96. The number of alkyl halides is 2. The zero-order valence-electron chi connectivity index (χ0n) is 6.43. The van der Waals surface area contributed by atoms with E-state index in [1.54, 1.807) is 0 Å². The summed E-state index contributed by atoms with van der Waals surface area (Å²) in [7, 11) is 0. The van der Waals surface area contributed by atoms with E-state index in [9.17, 15) is 8.78 Å². The van der Waals surface area contributed by atoms with Crippen LogP contribution < -0.4 is 5.73 Å². The number of rotatable bonds is 0. The summed E-state index contributed by atoms with van der Waals surface area (Å²) in [4.78, 5) is 3.65. The van der Waals surface area contributed by atoms with Gasteiger partial charge in [-0.1, -0.05) is 0 Å². The highest BCUT2D eigenvalue weighted by Crippen LogP contribution is 2.37. The van der Waals surface area contributed by atoms with Gasteiger partial charge in [-0.25, -0.2) is 4.98 Å². The number of hydrogen-bond acceptors (Lipinski definition) is 2. The van der Waals surface area contributed by atoms with Crippen molar-refractivity contribution in [1.29, 1.82) is 0 Å². The van der Waals surface area contributed by atoms with Crippen molar-refractivity contribution in [2.24, 2.45) is 0 Å². The third kappa shape index (κ3) is 0.888. The number of halogens is 2. The lowest BCUT2D eigenvalue weighted by Gasteiger charge is -2.23. The Morgan fingerprint density at radius 3 is 3.00 bits per heavy atom. The highest BCUT2D eigenvalue weighted by Gasteiger charge is 2.38. The third-order valence-electron chi connectivity index (χ3n) is 2.13. The zero-order chi connectivity index (χ0) is 8.77. The van der Waals surface area contributed by atoms with Crippen LogP contribution in [0.5, 0.6) is 0 Å². The van der Waals surface area contributed by atoms with Crippen LogP contribution in [0.1, 0.15) is 18.5 Å². The molecule has 66 valence electrons. The van der Waals surface area contributed by atoms with Crippen LogP contribution in [0.2, 0.25) is 0 Å². The van der Waals surface area contributed by atoms with Crippen molar-refractivity contribution < 1.29 is 8.78 Å². The van der Waals surface area contributed by atoms with Gasteiger partial charge in [-0.05, 0) is 6.42 Å². The van der Waals surface area contributed by atoms with Crippen molar-refractivity contribution in [3.05, 3.63) is 11.9 Å². The molecule has 12 heavy (non-hydrogen) atoms. The maximum atomic E-state index is 13.1. The van der Waals surface area contributed by atoms with Gasteiger partial charge in [0.2, 0.25) is 5.95 Å². The molecular weight excluding hydrogens is 164 g/mol. The number of nitrogen functional groups attached to an aromatic ring is 1. The van der Waals surface area contributed by atoms with Crippen LogP contribution in [0.25, 0.3) is 0 Å². The lowest BCUT2D eigenvalue weighted by Crippen LogP contribution is -2.25. The van der Waals surface area contributed by atoms with Gasteiger partial charge in [0.25, 0.3) is 5.92 Å². The van der Waals surface area contributed by atoms with Gasteiger partial charge >= 0.3 is 0 Å². The Morgan fingerprint density at radius 2 is 2.33 bits per heavy atom. The van der Waals surface area contributed by atoms with Crippen molar-refractivity contribution in [2.45, 2.75) is 25.3 Å². The lowest BCUT2D eigenvalue weighted by molar-refractivity contribution is -0.0341. The zero-order valence-corrected chi connectivity index (χ0v) is 6.43. The number of imidazole rings is 1. The fraction of sp³-hybridized carbons (Fsp3) is 0.571. The van der Waals surface area contributed by atoms with E-state index in [4.69, 9.17) is 5.73 Å². The van der Waals surface area contributed by atoms with Crippen LogP contribution in [0.15, 0.2) is 6.20 Å². The maximum absolute atomic E-state index is 13.1. The largest absolute Gasteiger partial charge is 0.369 e. The molecule has 0 saturated carbocycles. The smallest absolute Gasteiger partial charge is 0.289 e. The van der Waals surface area contributed by atoms with Gasteiger partial charge in [0.15, 0.2) is 0 Å². The Balaban J connectivity index is 2.53. The van der Waals surface area contributed by atoms with Gasteiger partial charge in [-0.2, -0.15) is 8.78 Å². The van der Waals surface area contributed by atoms with E-state index in [2.05, 4.69) is 4.98 Å². The quantitative estimate of drug-likeness (QED) is 0.643. The monoisotopic (exact) mass is 173 g/mol. The van der Waals surface area contributed by atoms with Crippen LogP contribution in [-0.2, 0) is 12.5 Å². The SMILES string of the molecule is Nc1ncc2n1CCCC2(F)F. The summed E-state index contributed by atoms with van der Waals surface area (Å²) in [5.41, 5.74) is 5.35. The van der Waals surface area contributed by atoms with Crippen LogP contribution in [-0.4, -0.2) is 9.55 Å². The van der Waals surface area contributed by atoms with Crippen LogP contribution >= 0.6 is 0 Å². The molecule has 1 aliphatic heterocycles. The molecule has 0 spiro atoms. The summed E-state index contributed by atoms with van der Waals surface area (Å²) in [6, 6.07) is 0. The highest BCUT2D eigenvalue weighted by molar-refractivity contribution is 5.26.